The number of aromatic nitrogens is 10. The molecule has 1 unspecified atom stereocenters. The van der Waals surface area contributed by atoms with Gasteiger partial charge in [0.05, 0.1) is 17.1 Å². The van der Waals surface area contributed by atoms with Gasteiger partial charge in [-0.25, -0.2) is 9.97 Å². The lowest BCUT2D eigenvalue weighted by molar-refractivity contribution is -0.744. The molecule has 0 amide bonds. The standard InChI is InChI=1S/C18H22N3.2C15H22N3.C14H21F3NO.7C2H6/c1-13(2)20-12-8-7-11-17(20)18-19-15-9-5-6-10-16(15)21(18)14(3)4;1-12(2)18-14(9-10-16-18)13-8-6-7-11-17(13)15(3,4)5;1-12(2)17-11-9-16-14(17)13-8-6-7-10-18(13)15(3,4)5;1-10(2)18-9-7-6-8-12(18)13(5,14(15,16)17)19-11(3)4;7*1-2/h5-14H,1-4H3;2*6-12H,1-5H3;6-11H,1-5H3;7*1-2H3/q4*+1;;;;;;;. The monoisotopic (exact) mass is 1260 g/mol. The molecule has 11 nitrogen and oxygen atoms in total. The molecule has 0 radical (unpaired) electrons. The van der Waals surface area contributed by atoms with Gasteiger partial charge in [-0.1, -0.05) is 109 Å². The van der Waals surface area contributed by atoms with Crippen LogP contribution in [0.25, 0.3) is 45.5 Å². The summed E-state index contributed by atoms with van der Waals surface area (Å²) in [4.78, 5) is 9.41. The molecule has 8 aromatic rings. The summed E-state index contributed by atoms with van der Waals surface area (Å²) in [6.45, 7) is 66.7. The normalized spacial score (nSPS) is 11.4. The van der Waals surface area contributed by atoms with Crippen LogP contribution in [0.1, 0.15) is 264 Å². The van der Waals surface area contributed by atoms with Crippen molar-refractivity contribution in [2.45, 2.75) is 288 Å². The second-order valence-corrected chi connectivity index (χ2v) is 23.0. The Morgan fingerprint density at radius 1 is 0.444 bits per heavy atom. The van der Waals surface area contributed by atoms with E-state index in [-0.39, 0.29) is 22.8 Å². The van der Waals surface area contributed by atoms with Crippen LogP contribution in [0.4, 0.5) is 13.2 Å². The molecule has 0 spiro atoms. The van der Waals surface area contributed by atoms with Crippen molar-refractivity contribution in [1.29, 1.82) is 0 Å². The maximum atomic E-state index is 13.5. The fraction of sp³-hybridized carbons (Fsp3) is 0.566. The fourth-order valence-corrected chi connectivity index (χ4v) is 9.20. The minimum Gasteiger partial charge on any atom is -0.354 e. The second-order valence-electron chi connectivity index (χ2n) is 23.0. The van der Waals surface area contributed by atoms with Gasteiger partial charge in [-0.3, -0.25) is 4.68 Å². The summed E-state index contributed by atoms with van der Waals surface area (Å²) in [7, 11) is 0. The van der Waals surface area contributed by atoms with Crippen LogP contribution in [-0.2, 0) is 21.4 Å². The first-order chi connectivity index (χ1) is 42.5. The van der Waals surface area contributed by atoms with Gasteiger partial charge < -0.3 is 13.9 Å². The second kappa shape index (κ2) is 44.0. The predicted molar refractivity (Wildman–Crippen MR) is 379 cm³/mol. The first-order valence-electron chi connectivity index (χ1n) is 33.8. The Bertz CT molecular complexity index is 3000. The van der Waals surface area contributed by atoms with Crippen molar-refractivity contribution in [3.63, 3.8) is 0 Å². The maximum absolute atomic E-state index is 13.5. The fourth-order valence-electron chi connectivity index (χ4n) is 9.20. The lowest BCUT2D eigenvalue weighted by atomic mass is 9.98. The van der Waals surface area contributed by atoms with E-state index in [0.717, 1.165) is 35.5 Å². The van der Waals surface area contributed by atoms with Gasteiger partial charge in [-0.2, -0.15) is 36.5 Å². The number of hydrogen-bond acceptors (Lipinski definition) is 4. The molecule has 0 bridgehead atoms. The Kier molecular flexibility index (Phi) is 42.9. The molecule has 0 saturated carbocycles. The smallest absolute Gasteiger partial charge is 0.354 e. The molecule has 14 heteroatoms. The van der Waals surface area contributed by atoms with E-state index < -0.39 is 17.9 Å². The molecule has 8 rings (SSSR count). The predicted octanol–water partition coefficient (Wildman–Crippen LogP) is 21.4. The highest BCUT2D eigenvalue weighted by molar-refractivity contribution is 5.79. The molecule has 0 fully saturated rings. The molecule has 0 aliphatic carbocycles. The molecule has 7 heterocycles. The molecule has 1 aromatic carbocycles. The van der Waals surface area contributed by atoms with Crippen molar-refractivity contribution in [2.24, 2.45) is 0 Å². The van der Waals surface area contributed by atoms with Gasteiger partial charge in [0.25, 0.3) is 0 Å². The van der Waals surface area contributed by atoms with E-state index in [9.17, 15) is 13.2 Å². The Balaban J connectivity index is -0.00000105. The van der Waals surface area contributed by atoms with Crippen molar-refractivity contribution in [2.75, 3.05) is 0 Å². The largest absolute Gasteiger partial charge is 0.427 e. The van der Waals surface area contributed by atoms with Crippen LogP contribution >= 0.6 is 0 Å². The van der Waals surface area contributed by atoms with E-state index in [1.54, 1.807) is 36.7 Å². The Morgan fingerprint density at radius 2 is 0.878 bits per heavy atom. The molecule has 0 N–H and O–H groups in total. The van der Waals surface area contributed by atoms with Gasteiger partial charge in [0.1, 0.15) is 5.69 Å². The third kappa shape index (κ3) is 25.3. The van der Waals surface area contributed by atoms with Crippen LogP contribution in [0.15, 0.2) is 147 Å². The summed E-state index contributed by atoms with van der Waals surface area (Å²) in [5.41, 5.74) is 4.85. The van der Waals surface area contributed by atoms with E-state index in [1.165, 1.54) is 23.0 Å². The van der Waals surface area contributed by atoms with Crippen LogP contribution in [0.2, 0.25) is 0 Å². The molecule has 7 aromatic heterocycles. The van der Waals surface area contributed by atoms with Crippen molar-refractivity contribution in [3.05, 3.63) is 152 Å². The molecule has 0 saturated heterocycles. The van der Waals surface area contributed by atoms with Gasteiger partial charge >= 0.3 is 6.18 Å². The first kappa shape index (κ1) is 87.7. The summed E-state index contributed by atoms with van der Waals surface area (Å²) in [5, 5.41) is 4.42. The molecule has 0 aliphatic heterocycles. The first-order valence-corrected chi connectivity index (χ1v) is 33.8. The van der Waals surface area contributed by atoms with E-state index in [1.807, 2.05) is 135 Å². The van der Waals surface area contributed by atoms with Gasteiger partial charge in [0, 0.05) is 127 Å². The summed E-state index contributed by atoms with van der Waals surface area (Å²) in [6.07, 6.45) is 8.81. The van der Waals surface area contributed by atoms with Crippen LogP contribution in [0.5, 0.6) is 0 Å². The number of rotatable bonds is 11. The number of alkyl halides is 3. The molecule has 90 heavy (non-hydrogen) atoms. The van der Waals surface area contributed by atoms with Crippen molar-refractivity contribution in [1.82, 2.24) is 28.9 Å². The lowest BCUT2D eigenvalue weighted by Crippen LogP contribution is -2.54. The zero-order valence-electron chi connectivity index (χ0n) is 62.8. The number of ether oxygens (including phenoxy) is 1. The Morgan fingerprint density at radius 3 is 1.32 bits per heavy atom. The average Bonchev–Trinajstić information content (AvgIpc) is 1.25. The SMILES string of the molecule is CC.CC.CC.CC.CC.CC.CC.CC(C)OC(C)(c1cccc[n+]1C(C)C)C(F)(F)F.CC(C)n1c(-c2cccc[n+]2C(C)C)nc2ccccc21.CC(C)n1ccnc1-c1cccc[n+]1C(C)(C)C.CC(C)n1nccc1-c1cccc[n+]1C(C)(C)C. The number of fused-ring (bicyclic) bond motifs is 1. The summed E-state index contributed by atoms with van der Waals surface area (Å²) >= 11 is 0. The van der Waals surface area contributed by atoms with E-state index in [4.69, 9.17) is 9.72 Å². The van der Waals surface area contributed by atoms with E-state index in [2.05, 4.69) is 232 Å². The third-order valence-electron chi connectivity index (χ3n) is 12.8. The maximum Gasteiger partial charge on any atom is 0.427 e. The highest BCUT2D eigenvalue weighted by atomic mass is 19.4. The minimum atomic E-state index is -4.48. The van der Waals surface area contributed by atoms with Gasteiger partial charge in [-0.05, 0) is 132 Å². The Labute approximate surface area is 547 Å². The van der Waals surface area contributed by atoms with Crippen molar-refractivity contribution < 1.29 is 36.2 Å². The quantitative estimate of drug-likeness (QED) is 0.121. The Hall–Kier alpha value is -6.54. The van der Waals surface area contributed by atoms with Crippen molar-refractivity contribution in [3.8, 4) is 34.4 Å². The zero-order valence-corrected chi connectivity index (χ0v) is 62.8. The van der Waals surface area contributed by atoms with Crippen LogP contribution in [-0.4, -0.2) is 41.2 Å². The van der Waals surface area contributed by atoms with Gasteiger partial charge in [-0.15, -0.1) is 0 Å². The molecule has 1 atom stereocenters. The number of hydrogen-bond donors (Lipinski definition) is 0. The highest BCUT2D eigenvalue weighted by Gasteiger charge is 2.59. The summed E-state index contributed by atoms with van der Waals surface area (Å²) < 4.78 is 60.6. The topological polar surface area (TPSA) is 78.2 Å². The van der Waals surface area contributed by atoms with Crippen LogP contribution in [0.3, 0.4) is 0 Å². The molecule has 506 valence electrons. The molecule has 0 aliphatic rings. The summed E-state index contributed by atoms with van der Waals surface area (Å²) in [6, 6.07) is 35.6. The number of benzene rings is 1. The van der Waals surface area contributed by atoms with Gasteiger partial charge in [0.2, 0.25) is 40.0 Å². The molecular formula is C76H129F3N10O+4. The van der Waals surface area contributed by atoms with Crippen LogP contribution in [0, 0.1) is 0 Å². The van der Waals surface area contributed by atoms with Crippen molar-refractivity contribution >= 4 is 11.0 Å². The number of nitrogens with zero attached hydrogens (tertiary/aromatic N) is 10. The average molecular weight is 1260 g/mol. The highest BCUT2D eigenvalue weighted by Crippen LogP contribution is 2.42. The van der Waals surface area contributed by atoms with E-state index >= 15 is 0 Å². The van der Waals surface area contributed by atoms with Crippen LogP contribution < -0.4 is 18.3 Å². The van der Waals surface area contributed by atoms with E-state index in [0.29, 0.717) is 24.2 Å². The summed E-state index contributed by atoms with van der Waals surface area (Å²) in [5.74, 6) is 2.07. The number of pyridine rings is 4. The number of imidazole rings is 2. The molecular weight excluding hydrogens is 1130 g/mol. The number of halogens is 3. The minimum absolute atomic E-state index is 0.0460. The zero-order chi connectivity index (χ0) is 70.5. The number of para-hydroxylation sites is 2. The third-order valence-corrected chi connectivity index (χ3v) is 12.8. The lowest BCUT2D eigenvalue weighted by Gasteiger charge is -2.32. The van der Waals surface area contributed by atoms with Gasteiger partial charge in [0.15, 0.2) is 47.9 Å².